The molecule has 2 N–H and O–H groups in total. The van der Waals surface area contributed by atoms with E-state index >= 15 is 0 Å². The van der Waals surface area contributed by atoms with E-state index in [9.17, 15) is 9.90 Å². The molecule has 3 rings (SSSR count). The highest BCUT2D eigenvalue weighted by Crippen LogP contribution is 2.34. The predicted molar refractivity (Wildman–Crippen MR) is 120 cm³/mol. The van der Waals surface area contributed by atoms with Crippen LogP contribution in [0.2, 0.25) is 0 Å². The van der Waals surface area contributed by atoms with Crippen LogP contribution in [0.15, 0.2) is 23.6 Å². The number of hydrogen-bond donors (Lipinski definition) is 2. The van der Waals surface area contributed by atoms with E-state index in [0.29, 0.717) is 37.5 Å². The average Bonchev–Trinajstić information content (AvgIpc) is 3.23. The van der Waals surface area contributed by atoms with Gasteiger partial charge in [-0.15, -0.1) is 11.3 Å². The van der Waals surface area contributed by atoms with Crippen LogP contribution in [0.25, 0.3) is 11.3 Å². The Labute approximate surface area is 182 Å². The van der Waals surface area contributed by atoms with Crippen molar-refractivity contribution in [2.75, 3.05) is 44.9 Å². The fourth-order valence-corrected chi connectivity index (χ4v) is 4.07. The molecular formula is C22H31N3O4S. The predicted octanol–water partition coefficient (Wildman–Crippen LogP) is 3.18. The molecule has 0 saturated carbocycles. The van der Waals surface area contributed by atoms with E-state index in [2.05, 4.69) is 10.2 Å². The third-order valence-corrected chi connectivity index (χ3v) is 6.12. The lowest BCUT2D eigenvalue weighted by Crippen LogP contribution is -2.36. The molecule has 0 spiro atoms. The molecule has 1 aliphatic rings. The maximum atomic E-state index is 12.6. The van der Waals surface area contributed by atoms with Crippen molar-refractivity contribution in [1.29, 1.82) is 0 Å². The van der Waals surface area contributed by atoms with Gasteiger partial charge in [0, 0.05) is 36.1 Å². The topological polar surface area (TPSA) is 83.9 Å². The highest BCUT2D eigenvalue weighted by molar-refractivity contribution is 7.14. The van der Waals surface area contributed by atoms with Crippen LogP contribution in [-0.4, -0.2) is 62.1 Å². The number of aromatic nitrogens is 1. The Morgan fingerprint density at radius 2 is 2.10 bits per heavy atom. The largest absolute Gasteiger partial charge is 0.496 e. The first kappa shape index (κ1) is 22.5. The minimum Gasteiger partial charge on any atom is -0.496 e. The standard InChI is InChI=1S/C22H31N3O4S/c1-22(2,3)19(26)7-8-23-20(27)15-5-6-18(28-4)16(13-15)17-14-30-21(24-17)25-9-11-29-12-10-25/h5-6,13-14,19,26H,7-12H2,1-4H3,(H,23,27). The number of thiazole rings is 1. The summed E-state index contributed by atoms with van der Waals surface area (Å²) in [5.74, 6) is 0.497. The summed E-state index contributed by atoms with van der Waals surface area (Å²) in [4.78, 5) is 19.6. The number of aliphatic hydroxyl groups excluding tert-OH is 1. The van der Waals surface area contributed by atoms with Crippen LogP contribution in [0.5, 0.6) is 5.75 Å². The normalized spacial score (nSPS) is 15.7. The molecule has 0 radical (unpaired) electrons. The van der Waals surface area contributed by atoms with Gasteiger partial charge in [0.1, 0.15) is 5.75 Å². The number of morpholine rings is 1. The molecule has 1 fully saturated rings. The number of hydrogen-bond acceptors (Lipinski definition) is 7. The number of carbonyl (C=O) groups excluding carboxylic acids is 1. The Kier molecular flexibility index (Phi) is 7.33. The Bertz CT molecular complexity index is 856. The minimum atomic E-state index is -0.474. The van der Waals surface area contributed by atoms with Gasteiger partial charge in [-0.1, -0.05) is 20.8 Å². The molecule has 7 nitrogen and oxygen atoms in total. The summed E-state index contributed by atoms with van der Waals surface area (Å²) in [7, 11) is 1.61. The van der Waals surface area contributed by atoms with Crippen LogP contribution in [0.3, 0.4) is 0 Å². The van der Waals surface area contributed by atoms with Crippen LogP contribution < -0.4 is 15.0 Å². The van der Waals surface area contributed by atoms with Crippen molar-refractivity contribution in [3.05, 3.63) is 29.1 Å². The van der Waals surface area contributed by atoms with Crippen LogP contribution in [0.4, 0.5) is 5.13 Å². The summed E-state index contributed by atoms with van der Waals surface area (Å²) in [6.45, 7) is 9.42. The van der Waals surface area contributed by atoms with Gasteiger partial charge in [-0.3, -0.25) is 4.79 Å². The summed E-state index contributed by atoms with van der Waals surface area (Å²) in [5.41, 5.74) is 1.91. The van der Waals surface area contributed by atoms with Crippen molar-refractivity contribution < 1.29 is 19.4 Å². The van der Waals surface area contributed by atoms with E-state index < -0.39 is 6.10 Å². The zero-order valence-electron chi connectivity index (χ0n) is 18.1. The van der Waals surface area contributed by atoms with Gasteiger partial charge < -0.3 is 24.8 Å². The van der Waals surface area contributed by atoms with E-state index in [1.54, 1.807) is 30.6 Å². The highest BCUT2D eigenvalue weighted by Gasteiger charge is 2.22. The molecular weight excluding hydrogens is 402 g/mol. The number of rotatable bonds is 7. The van der Waals surface area contributed by atoms with E-state index in [1.807, 2.05) is 32.2 Å². The third-order valence-electron chi connectivity index (χ3n) is 5.21. The molecule has 1 aromatic heterocycles. The second-order valence-electron chi connectivity index (χ2n) is 8.46. The lowest BCUT2D eigenvalue weighted by Gasteiger charge is -2.26. The quantitative estimate of drug-likeness (QED) is 0.698. The maximum Gasteiger partial charge on any atom is 0.251 e. The number of carbonyl (C=O) groups is 1. The van der Waals surface area contributed by atoms with Crippen molar-refractivity contribution in [1.82, 2.24) is 10.3 Å². The molecule has 2 heterocycles. The van der Waals surface area contributed by atoms with E-state index in [-0.39, 0.29) is 11.3 Å². The Morgan fingerprint density at radius 3 is 2.77 bits per heavy atom. The monoisotopic (exact) mass is 433 g/mol. The molecule has 30 heavy (non-hydrogen) atoms. The SMILES string of the molecule is COc1ccc(C(=O)NCCC(O)C(C)(C)C)cc1-c1csc(N2CCOCC2)n1. The first-order chi connectivity index (χ1) is 14.3. The van der Waals surface area contributed by atoms with Crippen molar-refractivity contribution in [3.63, 3.8) is 0 Å². The zero-order valence-corrected chi connectivity index (χ0v) is 18.9. The summed E-state index contributed by atoms with van der Waals surface area (Å²) in [6.07, 6.45) is 0.0330. The summed E-state index contributed by atoms with van der Waals surface area (Å²) in [6, 6.07) is 5.35. The van der Waals surface area contributed by atoms with E-state index in [1.165, 1.54) is 0 Å². The van der Waals surface area contributed by atoms with Crippen molar-refractivity contribution in [2.45, 2.75) is 33.3 Å². The fourth-order valence-electron chi connectivity index (χ4n) is 3.19. The number of nitrogens with zero attached hydrogens (tertiary/aromatic N) is 2. The first-order valence-corrected chi connectivity index (χ1v) is 11.1. The van der Waals surface area contributed by atoms with Crippen LogP contribution >= 0.6 is 11.3 Å². The van der Waals surface area contributed by atoms with Crippen molar-refractivity contribution >= 4 is 22.4 Å². The van der Waals surface area contributed by atoms with Gasteiger partial charge in [-0.05, 0) is 30.0 Å². The van der Waals surface area contributed by atoms with Crippen LogP contribution in [0.1, 0.15) is 37.6 Å². The second-order valence-corrected chi connectivity index (χ2v) is 9.29. The number of aliphatic hydroxyl groups is 1. The second kappa shape index (κ2) is 9.76. The number of benzene rings is 1. The van der Waals surface area contributed by atoms with Gasteiger partial charge in [0.2, 0.25) is 0 Å². The molecule has 2 aromatic rings. The lowest BCUT2D eigenvalue weighted by atomic mass is 9.87. The van der Waals surface area contributed by atoms with E-state index in [4.69, 9.17) is 14.5 Å². The van der Waals surface area contributed by atoms with Gasteiger partial charge in [0.15, 0.2) is 5.13 Å². The molecule has 1 amide bonds. The smallest absolute Gasteiger partial charge is 0.251 e. The van der Waals surface area contributed by atoms with Crippen molar-refractivity contribution in [2.24, 2.45) is 5.41 Å². The Hall–Kier alpha value is -2.16. The van der Waals surface area contributed by atoms with Crippen molar-refractivity contribution in [3.8, 4) is 17.0 Å². The number of anilines is 1. The fraction of sp³-hybridized carbons (Fsp3) is 0.545. The number of nitrogens with one attached hydrogen (secondary N) is 1. The zero-order chi connectivity index (χ0) is 21.7. The highest BCUT2D eigenvalue weighted by atomic mass is 32.1. The molecule has 1 unspecified atom stereocenters. The van der Waals surface area contributed by atoms with Gasteiger partial charge >= 0.3 is 0 Å². The van der Waals surface area contributed by atoms with Crippen LogP contribution in [-0.2, 0) is 4.74 Å². The molecule has 1 aliphatic heterocycles. The van der Waals surface area contributed by atoms with Gasteiger partial charge in [0.25, 0.3) is 5.91 Å². The molecule has 1 atom stereocenters. The summed E-state index contributed by atoms with van der Waals surface area (Å²) >= 11 is 1.58. The molecule has 1 saturated heterocycles. The Balaban J connectivity index is 1.72. The maximum absolute atomic E-state index is 12.6. The van der Waals surface area contributed by atoms with Gasteiger partial charge in [-0.25, -0.2) is 4.98 Å². The molecule has 0 bridgehead atoms. The summed E-state index contributed by atoms with van der Waals surface area (Å²) in [5, 5.41) is 16.0. The Morgan fingerprint density at radius 1 is 1.37 bits per heavy atom. The lowest BCUT2D eigenvalue weighted by molar-refractivity contribution is 0.0551. The number of ether oxygens (including phenoxy) is 2. The average molecular weight is 434 g/mol. The third kappa shape index (κ3) is 5.50. The molecule has 1 aromatic carbocycles. The van der Waals surface area contributed by atoms with Gasteiger partial charge in [0.05, 0.1) is 32.1 Å². The summed E-state index contributed by atoms with van der Waals surface area (Å²) < 4.78 is 10.9. The van der Waals surface area contributed by atoms with Gasteiger partial charge in [-0.2, -0.15) is 0 Å². The van der Waals surface area contributed by atoms with E-state index in [0.717, 1.165) is 29.5 Å². The molecule has 8 heteroatoms. The number of methoxy groups -OCH3 is 1. The molecule has 0 aliphatic carbocycles. The molecule has 164 valence electrons. The van der Waals surface area contributed by atoms with Crippen LogP contribution in [0, 0.1) is 5.41 Å². The first-order valence-electron chi connectivity index (χ1n) is 10.2. The number of amides is 1. The minimum absolute atomic E-state index is 0.177.